The zero-order valence-electron chi connectivity index (χ0n) is 9.87. The molecule has 0 aliphatic rings. The Morgan fingerprint density at radius 2 is 2.35 bits per heavy atom. The zero-order chi connectivity index (χ0) is 12.1. The second-order valence-corrected chi connectivity index (χ2v) is 3.97. The molecule has 0 amide bonds. The first-order chi connectivity index (χ1) is 8.35. The predicted octanol–water partition coefficient (Wildman–Crippen LogP) is 0.306. The van der Waals surface area contributed by atoms with Gasteiger partial charge in [-0.15, -0.1) is 5.10 Å². The maximum Gasteiger partial charge on any atom is 0.199 e. The highest BCUT2D eigenvalue weighted by atomic mass is 15.5. The molecule has 92 valence electrons. The Balaban J connectivity index is 2.05. The van der Waals surface area contributed by atoms with Gasteiger partial charge in [0.25, 0.3) is 0 Å². The van der Waals surface area contributed by atoms with E-state index in [0.29, 0.717) is 18.1 Å². The lowest BCUT2D eigenvalue weighted by Gasteiger charge is -2.15. The van der Waals surface area contributed by atoms with Gasteiger partial charge in [0.05, 0.1) is 12.4 Å². The van der Waals surface area contributed by atoms with Crippen LogP contribution in [0.15, 0.2) is 12.4 Å². The van der Waals surface area contributed by atoms with Gasteiger partial charge >= 0.3 is 0 Å². The molecule has 1 unspecified atom stereocenters. The third-order valence-electron chi connectivity index (χ3n) is 2.83. The minimum atomic E-state index is 0.562. The number of hydrogen-bond acceptors (Lipinski definition) is 6. The van der Waals surface area contributed by atoms with E-state index in [1.165, 1.54) is 0 Å². The second-order valence-electron chi connectivity index (χ2n) is 3.97. The lowest BCUT2D eigenvalue weighted by molar-refractivity contribution is 0.500. The average Bonchev–Trinajstić information content (AvgIpc) is 2.83. The van der Waals surface area contributed by atoms with Crippen LogP contribution in [0, 0.1) is 5.92 Å². The summed E-state index contributed by atoms with van der Waals surface area (Å²) in [6.45, 7) is 3.74. The number of tetrazole rings is 1. The summed E-state index contributed by atoms with van der Waals surface area (Å²) in [5.41, 5.74) is 6.21. The highest BCUT2D eigenvalue weighted by Gasteiger charge is 2.07. The monoisotopic (exact) mass is 235 g/mol. The molecule has 2 aromatic heterocycles. The lowest BCUT2D eigenvalue weighted by Crippen LogP contribution is -2.18. The third-order valence-corrected chi connectivity index (χ3v) is 2.83. The summed E-state index contributed by atoms with van der Waals surface area (Å²) in [5, 5.41) is 14.7. The normalized spacial score (nSPS) is 12.8. The van der Waals surface area contributed by atoms with Gasteiger partial charge in [-0.05, 0) is 29.3 Å². The molecule has 7 nitrogen and oxygen atoms in total. The Labute approximate surface area is 99.4 Å². The molecular formula is C10H17N7. The van der Waals surface area contributed by atoms with Gasteiger partial charge in [0.1, 0.15) is 5.82 Å². The average molecular weight is 235 g/mol. The van der Waals surface area contributed by atoms with Crippen molar-refractivity contribution in [2.45, 2.75) is 19.8 Å². The van der Waals surface area contributed by atoms with E-state index in [9.17, 15) is 0 Å². The Morgan fingerprint density at radius 3 is 3.12 bits per heavy atom. The van der Waals surface area contributed by atoms with E-state index < -0.39 is 0 Å². The number of nitrogens with two attached hydrogens (primary N) is 1. The first-order valence-electron chi connectivity index (χ1n) is 5.81. The van der Waals surface area contributed by atoms with Crippen molar-refractivity contribution in [3.8, 4) is 0 Å². The van der Waals surface area contributed by atoms with Gasteiger partial charge in [-0.2, -0.15) is 4.52 Å². The highest BCUT2D eigenvalue weighted by molar-refractivity contribution is 5.43. The summed E-state index contributed by atoms with van der Waals surface area (Å²) in [4.78, 5) is 4.08. The minimum absolute atomic E-state index is 0.562. The third kappa shape index (κ3) is 2.68. The molecule has 0 bridgehead atoms. The summed E-state index contributed by atoms with van der Waals surface area (Å²) in [6, 6.07) is 0. The van der Waals surface area contributed by atoms with Crippen LogP contribution in [0.4, 0.5) is 5.82 Å². The van der Waals surface area contributed by atoms with Crippen molar-refractivity contribution in [1.82, 2.24) is 25.0 Å². The van der Waals surface area contributed by atoms with Crippen LogP contribution in [-0.2, 0) is 0 Å². The summed E-state index contributed by atoms with van der Waals surface area (Å²) >= 11 is 0. The Hall–Kier alpha value is -1.76. The van der Waals surface area contributed by atoms with E-state index in [0.717, 1.165) is 25.2 Å². The van der Waals surface area contributed by atoms with Crippen molar-refractivity contribution in [3.05, 3.63) is 12.4 Å². The summed E-state index contributed by atoms with van der Waals surface area (Å²) < 4.78 is 1.64. The highest BCUT2D eigenvalue weighted by Crippen LogP contribution is 2.10. The van der Waals surface area contributed by atoms with Crippen LogP contribution in [0.5, 0.6) is 0 Å². The van der Waals surface area contributed by atoms with Crippen molar-refractivity contribution in [2.75, 3.05) is 18.4 Å². The number of rotatable bonds is 6. The number of nitrogens with zero attached hydrogens (tertiary/aromatic N) is 5. The first-order valence-corrected chi connectivity index (χ1v) is 5.81. The van der Waals surface area contributed by atoms with Gasteiger partial charge < -0.3 is 11.1 Å². The van der Waals surface area contributed by atoms with Crippen molar-refractivity contribution >= 4 is 11.5 Å². The molecular weight excluding hydrogens is 218 g/mol. The van der Waals surface area contributed by atoms with Gasteiger partial charge in [0.2, 0.25) is 0 Å². The SMILES string of the molecule is CCC(CCN)CNc1cncc2nnnn12. The van der Waals surface area contributed by atoms with E-state index in [1.54, 1.807) is 16.9 Å². The maximum atomic E-state index is 5.57. The quantitative estimate of drug-likeness (QED) is 0.748. The van der Waals surface area contributed by atoms with Crippen molar-refractivity contribution in [1.29, 1.82) is 0 Å². The smallest absolute Gasteiger partial charge is 0.199 e. The number of nitrogens with one attached hydrogen (secondary N) is 1. The van der Waals surface area contributed by atoms with E-state index in [2.05, 4.69) is 32.7 Å². The minimum Gasteiger partial charge on any atom is -0.368 e. The van der Waals surface area contributed by atoms with Gasteiger partial charge in [-0.1, -0.05) is 13.3 Å². The number of aromatic nitrogens is 5. The van der Waals surface area contributed by atoms with Crippen LogP contribution < -0.4 is 11.1 Å². The van der Waals surface area contributed by atoms with Crippen LogP contribution >= 0.6 is 0 Å². The molecule has 0 aromatic carbocycles. The zero-order valence-corrected chi connectivity index (χ0v) is 9.87. The largest absolute Gasteiger partial charge is 0.368 e. The molecule has 0 aliphatic carbocycles. The van der Waals surface area contributed by atoms with Crippen LogP contribution in [0.3, 0.4) is 0 Å². The molecule has 2 heterocycles. The van der Waals surface area contributed by atoms with Crippen molar-refractivity contribution in [2.24, 2.45) is 11.7 Å². The molecule has 2 rings (SSSR count). The van der Waals surface area contributed by atoms with Gasteiger partial charge in [-0.25, -0.2) is 0 Å². The fourth-order valence-corrected chi connectivity index (χ4v) is 1.73. The number of fused-ring (bicyclic) bond motifs is 1. The molecule has 17 heavy (non-hydrogen) atoms. The summed E-state index contributed by atoms with van der Waals surface area (Å²) in [7, 11) is 0. The van der Waals surface area contributed by atoms with E-state index in [1.807, 2.05) is 0 Å². The molecule has 1 atom stereocenters. The van der Waals surface area contributed by atoms with E-state index in [-0.39, 0.29) is 0 Å². The van der Waals surface area contributed by atoms with Crippen LogP contribution in [-0.4, -0.2) is 38.1 Å². The molecule has 0 saturated carbocycles. The van der Waals surface area contributed by atoms with E-state index in [4.69, 9.17) is 5.73 Å². The van der Waals surface area contributed by atoms with Crippen LogP contribution in [0.2, 0.25) is 0 Å². The Morgan fingerprint density at radius 1 is 1.47 bits per heavy atom. The fourth-order valence-electron chi connectivity index (χ4n) is 1.73. The van der Waals surface area contributed by atoms with Gasteiger partial charge in [0.15, 0.2) is 5.65 Å². The Bertz CT molecular complexity index is 466. The molecule has 0 saturated heterocycles. The van der Waals surface area contributed by atoms with Crippen molar-refractivity contribution < 1.29 is 0 Å². The number of hydrogen-bond donors (Lipinski definition) is 2. The molecule has 7 heteroatoms. The van der Waals surface area contributed by atoms with Gasteiger partial charge in [0, 0.05) is 6.54 Å². The van der Waals surface area contributed by atoms with Crippen LogP contribution in [0.1, 0.15) is 19.8 Å². The molecule has 0 spiro atoms. The molecule has 0 fully saturated rings. The lowest BCUT2D eigenvalue weighted by atomic mass is 10.0. The molecule has 2 aromatic rings. The van der Waals surface area contributed by atoms with Crippen LogP contribution in [0.25, 0.3) is 5.65 Å². The summed E-state index contributed by atoms with van der Waals surface area (Å²) in [6.07, 6.45) is 5.46. The fraction of sp³-hybridized carbons (Fsp3) is 0.600. The predicted molar refractivity (Wildman–Crippen MR) is 64.5 cm³/mol. The summed E-state index contributed by atoms with van der Waals surface area (Å²) in [5.74, 6) is 1.37. The maximum absolute atomic E-state index is 5.57. The molecule has 0 aliphatic heterocycles. The standard InChI is InChI=1S/C10H17N7/c1-2-8(3-4-11)5-13-9-6-12-7-10-14-15-16-17(9)10/h6-8,13H,2-5,11H2,1H3. The van der Waals surface area contributed by atoms with Crippen molar-refractivity contribution in [3.63, 3.8) is 0 Å². The van der Waals surface area contributed by atoms with E-state index >= 15 is 0 Å². The first kappa shape index (κ1) is 11.7. The topological polar surface area (TPSA) is 94.0 Å². The number of anilines is 1. The Kier molecular flexibility index (Phi) is 3.81. The second kappa shape index (κ2) is 5.53. The molecule has 3 N–H and O–H groups in total. The molecule has 0 radical (unpaired) electrons. The van der Waals surface area contributed by atoms with Gasteiger partial charge in [-0.3, -0.25) is 4.98 Å².